The molecule has 0 bridgehead atoms. The molecule has 1 amide bonds. The van der Waals surface area contributed by atoms with Crippen molar-refractivity contribution in [2.24, 2.45) is 0 Å². The summed E-state index contributed by atoms with van der Waals surface area (Å²) in [5, 5.41) is 14.5. The van der Waals surface area contributed by atoms with E-state index in [1.54, 1.807) is 24.7 Å². The van der Waals surface area contributed by atoms with Gasteiger partial charge in [0.1, 0.15) is 10.6 Å². The Morgan fingerprint density at radius 3 is 2.74 bits per heavy atom. The normalized spacial score (nSPS) is 18.8. The number of hydrogen-bond donors (Lipinski definition) is 1. The molecular formula is C16H24N6O4S. The van der Waals surface area contributed by atoms with Gasteiger partial charge in [-0.25, -0.2) is 13.1 Å². The maximum atomic E-state index is 13.0. The van der Waals surface area contributed by atoms with E-state index in [1.807, 2.05) is 13.8 Å². The maximum absolute atomic E-state index is 13.0. The molecule has 3 heterocycles. The summed E-state index contributed by atoms with van der Waals surface area (Å²) in [6, 6.07) is -0.199. The number of carbonyl (C=O) groups excluding carboxylic acids is 1. The summed E-state index contributed by atoms with van der Waals surface area (Å²) in [6.07, 6.45) is 3.00. The lowest BCUT2D eigenvalue weighted by atomic mass is 10.1. The fourth-order valence-electron chi connectivity index (χ4n) is 3.22. The third kappa shape index (κ3) is 3.88. The van der Waals surface area contributed by atoms with Crippen LogP contribution < -0.4 is 5.32 Å². The summed E-state index contributed by atoms with van der Waals surface area (Å²) in [6.45, 7) is 7.59. The average Bonchev–Trinajstić information content (AvgIpc) is 3.22. The van der Waals surface area contributed by atoms with E-state index >= 15 is 0 Å². The van der Waals surface area contributed by atoms with Crippen LogP contribution in [0.5, 0.6) is 0 Å². The van der Waals surface area contributed by atoms with Crippen LogP contribution in [0.15, 0.2) is 15.6 Å². The second kappa shape index (κ2) is 7.39. The fraction of sp³-hybridized carbons (Fsp3) is 0.625. The Balaban J connectivity index is 1.79. The topological polar surface area (TPSA) is 123 Å². The van der Waals surface area contributed by atoms with Gasteiger partial charge in [-0.05, 0) is 40.5 Å². The second-order valence-electron chi connectivity index (χ2n) is 7.02. The molecule has 27 heavy (non-hydrogen) atoms. The van der Waals surface area contributed by atoms with Gasteiger partial charge in [0.2, 0.25) is 10.0 Å². The van der Waals surface area contributed by atoms with E-state index in [-0.39, 0.29) is 40.9 Å². The minimum Gasteiger partial charge on any atom is -0.360 e. The summed E-state index contributed by atoms with van der Waals surface area (Å²) >= 11 is 0. The summed E-state index contributed by atoms with van der Waals surface area (Å²) in [5.41, 5.74) is 0.567. The number of amides is 1. The first kappa shape index (κ1) is 19.5. The monoisotopic (exact) mass is 396 g/mol. The lowest BCUT2D eigenvalue weighted by Gasteiger charge is -2.31. The largest absolute Gasteiger partial charge is 0.360 e. The zero-order valence-corrected chi connectivity index (χ0v) is 16.7. The van der Waals surface area contributed by atoms with Gasteiger partial charge in [0.05, 0.1) is 12.2 Å². The second-order valence-corrected chi connectivity index (χ2v) is 8.90. The highest BCUT2D eigenvalue weighted by Crippen LogP contribution is 2.29. The van der Waals surface area contributed by atoms with Crippen LogP contribution >= 0.6 is 0 Å². The van der Waals surface area contributed by atoms with Crippen molar-refractivity contribution < 1.29 is 17.7 Å². The SMILES string of the molecule is Cc1noc(C)c1S(=O)(=O)N1CCC[C@H](n2cc(C(=O)NC(C)C)nn2)C1. The van der Waals surface area contributed by atoms with Crippen LogP contribution in [0, 0.1) is 13.8 Å². The summed E-state index contributed by atoms with van der Waals surface area (Å²) < 4.78 is 34.0. The molecule has 0 radical (unpaired) electrons. The highest BCUT2D eigenvalue weighted by Gasteiger charge is 2.35. The first-order chi connectivity index (χ1) is 12.7. The molecule has 1 aliphatic rings. The number of carbonyl (C=O) groups is 1. The minimum atomic E-state index is -3.71. The number of hydrogen-bond acceptors (Lipinski definition) is 7. The van der Waals surface area contributed by atoms with Crippen molar-refractivity contribution in [3.63, 3.8) is 0 Å². The summed E-state index contributed by atoms with van der Waals surface area (Å²) in [4.78, 5) is 12.2. The van der Waals surface area contributed by atoms with E-state index in [2.05, 4.69) is 20.8 Å². The van der Waals surface area contributed by atoms with Crippen molar-refractivity contribution in [2.75, 3.05) is 13.1 Å². The first-order valence-electron chi connectivity index (χ1n) is 8.86. The van der Waals surface area contributed by atoms with Gasteiger partial charge in [-0.15, -0.1) is 5.10 Å². The van der Waals surface area contributed by atoms with E-state index < -0.39 is 10.0 Å². The third-order valence-corrected chi connectivity index (χ3v) is 6.57. The van der Waals surface area contributed by atoms with Gasteiger partial charge in [0.15, 0.2) is 11.5 Å². The van der Waals surface area contributed by atoms with Crippen LogP contribution in [-0.4, -0.2) is 57.9 Å². The number of sulfonamides is 1. The number of aromatic nitrogens is 4. The van der Waals surface area contributed by atoms with Crippen LogP contribution in [0.25, 0.3) is 0 Å². The molecule has 1 saturated heterocycles. The van der Waals surface area contributed by atoms with Crippen LogP contribution in [0.4, 0.5) is 0 Å². The average molecular weight is 396 g/mol. The van der Waals surface area contributed by atoms with Crippen LogP contribution in [-0.2, 0) is 10.0 Å². The molecule has 1 fully saturated rings. The van der Waals surface area contributed by atoms with E-state index in [1.165, 1.54) is 4.31 Å². The Bertz CT molecular complexity index is 913. The molecule has 2 aromatic heterocycles. The quantitative estimate of drug-likeness (QED) is 0.801. The predicted octanol–water partition coefficient (Wildman–Crippen LogP) is 1.05. The highest BCUT2D eigenvalue weighted by molar-refractivity contribution is 7.89. The van der Waals surface area contributed by atoms with Gasteiger partial charge in [-0.3, -0.25) is 4.79 Å². The van der Waals surface area contributed by atoms with Gasteiger partial charge in [-0.2, -0.15) is 4.31 Å². The first-order valence-corrected chi connectivity index (χ1v) is 10.3. The Morgan fingerprint density at radius 1 is 1.37 bits per heavy atom. The van der Waals surface area contributed by atoms with E-state index in [9.17, 15) is 13.2 Å². The lowest BCUT2D eigenvalue weighted by Crippen LogP contribution is -2.41. The van der Waals surface area contributed by atoms with Crippen molar-refractivity contribution in [3.05, 3.63) is 23.3 Å². The number of nitrogens with one attached hydrogen (secondary N) is 1. The molecule has 3 rings (SSSR count). The van der Waals surface area contributed by atoms with Crippen molar-refractivity contribution in [2.45, 2.75) is 57.5 Å². The predicted molar refractivity (Wildman–Crippen MR) is 95.6 cm³/mol. The molecule has 10 nitrogen and oxygen atoms in total. The van der Waals surface area contributed by atoms with Gasteiger partial charge >= 0.3 is 0 Å². The van der Waals surface area contributed by atoms with Crippen molar-refractivity contribution in [3.8, 4) is 0 Å². The summed E-state index contributed by atoms with van der Waals surface area (Å²) in [5.74, 6) is -0.0183. The van der Waals surface area contributed by atoms with Crippen LogP contribution in [0.2, 0.25) is 0 Å². The van der Waals surface area contributed by atoms with Crippen LogP contribution in [0.1, 0.15) is 54.7 Å². The van der Waals surface area contributed by atoms with Crippen LogP contribution in [0.3, 0.4) is 0 Å². The van der Waals surface area contributed by atoms with Crippen molar-refractivity contribution in [1.82, 2.24) is 29.8 Å². The third-order valence-electron chi connectivity index (χ3n) is 4.46. The van der Waals surface area contributed by atoms with Gasteiger partial charge < -0.3 is 9.84 Å². The Labute approximate surface area is 157 Å². The summed E-state index contributed by atoms with van der Waals surface area (Å²) in [7, 11) is -3.71. The van der Waals surface area contributed by atoms with Gasteiger partial charge in [0, 0.05) is 19.1 Å². The Morgan fingerprint density at radius 2 is 2.11 bits per heavy atom. The van der Waals surface area contributed by atoms with Gasteiger partial charge in [0.25, 0.3) is 5.91 Å². The number of rotatable bonds is 5. The molecule has 0 aliphatic carbocycles. The molecule has 2 aromatic rings. The number of nitrogens with zero attached hydrogens (tertiary/aromatic N) is 5. The zero-order valence-electron chi connectivity index (χ0n) is 15.8. The molecule has 148 valence electrons. The van der Waals surface area contributed by atoms with E-state index in [0.29, 0.717) is 18.7 Å². The lowest BCUT2D eigenvalue weighted by molar-refractivity contribution is 0.0938. The van der Waals surface area contributed by atoms with Gasteiger partial charge in [-0.1, -0.05) is 10.4 Å². The zero-order chi connectivity index (χ0) is 19.8. The maximum Gasteiger partial charge on any atom is 0.273 e. The molecule has 1 aliphatic heterocycles. The number of aryl methyl sites for hydroxylation is 2. The smallest absolute Gasteiger partial charge is 0.273 e. The number of piperidine rings is 1. The molecule has 0 aromatic carbocycles. The molecule has 0 saturated carbocycles. The van der Waals surface area contributed by atoms with Crippen molar-refractivity contribution >= 4 is 15.9 Å². The molecule has 11 heteroatoms. The fourth-order valence-corrected chi connectivity index (χ4v) is 5.03. The van der Waals surface area contributed by atoms with E-state index in [4.69, 9.17) is 4.52 Å². The Kier molecular flexibility index (Phi) is 5.33. The molecule has 0 spiro atoms. The molecule has 0 unspecified atom stereocenters. The van der Waals surface area contributed by atoms with Crippen molar-refractivity contribution in [1.29, 1.82) is 0 Å². The minimum absolute atomic E-state index is 0.00647. The molecule has 1 atom stereocenters. The highest BCUT2D eigenvalue weighted by atomic mass is 32.2. The standard InChI is InChI=1S/C16H24N6O4S/c1-10(2)17-16(23)14-9-22(20-18-14)13-6-5-7-21(8-13)27(24,25)15-11(3)19-26-12(15)4/h9-10,13H,5-8H2,1-4H3,(H,17,23)/t13-/m0/s1. The molecule has 1 N–H and O–H groups in total. The van der Waals surface area contributed by atoms with E-state index in [0.717, 1.165) is 6.42 Å². The Hall–Kier alpha value is -2.27. The molecular weight excluding hydrogens is 372 g/mol.